The molecule has 8 nitrogen and oxygen atoms in total. The number of amides is 1. The second kappa shape index (κ2) is 6.52. The van der Waals surface area contributed by atoms with Gasteiger partial charge in [-0.05, 0) is 19.1 Å². The van der Waals surface area contributed by atoms with Crippen LogP contribution < -0.4 is 16.0 Å². The molecule has 2 rings (SSSR count). The number of nitrogens with zero attached hydrogens (tertiary/aromatic N) is 5. The van der Waals surface area contributed by atoms with E-state index in [0.29, 0.717) is 16.7 Å². The van der Waals surface area contributed by atoms with Crippen LogP contribution in [-0.4, -0.2) is 39.9 Å². The number of pyridine rings is 1. The van der Waals surface area contributed by atoms with Crippen LogP contribution in [0.4, 0.5) is 11.9 Å². The molecule has 0 spiro atoms. The Labute approximate surface area is 132 Å². The summed E-state index contributed by atoms with van der Waals surface area (Å²) in [5.41, 5.74) is 6.27. The van der Waals surface area contributed by atoms with Crippen LogP contribution >= 0.6 is 11.6 Å². The van der Waals surface area contributed by atoms with Crippen LogP contribution in [0.3, 0.4) is 0 Å². The Morgan fingerprint density at radius 2 is 2.05 bits per heavy atom. The molecule has 2 aromatic rings. The molecule has 116 valence electrons. The number of anilines is 2. The van der Waals surface area contributed by atoms with Gasteiger partial charge in [0.2, 0.25) is 17.7 Å². The van der Waals surface area contributed by atoms with Crippen molar-refractivity contribution < 1.29 is 4.79 Å². The zero-order valence-corrected chi connectivity index (χ0v) is 13.2. The van der Waals surface area contributed by atoms with Crippen LogP contribution in [-0.2, 0) is 0 Å². The Hall–Kier alpha value is -2.48. The Balaban J connectivity index is 2.16. The van der Waals surface area contributed by atoms with Gasteiger partial charge >= 0.3 is 0 Å². The number of halogens is 1. The maximum atomic E-state index is 12.2. The molecule has 9 heteroatoms. The molecule has 2 heterocycles. The first-order valence-corrected chi connectivity index (χ1v) is 6.86. The molecule has 0 aliphatic carbocycles. The summed E-state index contributed by atoms with van der Waals surface area (Å²) in [5.74, 6) is -0.200. The van der Waals surface area contributed by atoms with Crippen LogP contribution in [0, 0.1) is 0 Å². The monoisotopic (exact) mass is 321 g/mol. The van der Waals surface area contributed by atoms with Gasteiger partial charge in [0.05, 0.1) is 16.8 Å². The van der Waals surface area contributed by atoms with Crippen molar-refractivity contribution in [1.29, 1.82) is 0 Å². The van der Waals surface area contributed by atoms with Gasteiger partial charge in [-0.1, -0.05) is 11.6 Å². The molecule has 0 saturated carbocycles. The van der Waals surface area contributed by atoms with E-state index in [1.54, 1.807) is 38.1 Å². The number of carbonyl (C=O) groups is 1. The lowest BCUT2D eigenvalue weighted by Crippen LogP contribution is -2.30. The fourth-order valence-corrected chi connectivity index (χ4v) is 1.77. The van der Waals surface area contributed by atoms with Gasteiger partial charge < -0.3 is 16.0 Å². The molecule has 1 amide bonds. The van der Waals surface area contributed by atoms with Crippen molar-refractivity contribution in [2.45, 2.75) is 13.0 Å². The topological polar surface area (TPSA) is 110 Å². The first kappa shape index (κ1) is 15.9. The van der Waals surface area contributed by atoms with E-state index < -0.39 is 5.91 Å². The molecule has 0 fully saturated rings. The van der Waals surface area contributed by atoms with Crippen LogP contribution in [0.15, 0.2) is 18.3 Å². The Kier molecular flexibility index (Phi) is 4.71. The minimum absolute atomic E-state index is 0.0129. The van der Waals surface area contributed by atoms with Crippen LogP contribution in [0.2, 0.25) is 5.02 Å². The van der Waals surface area contributed by atoms with Crippen molar-refractivity contribution in [3.8, 4) is 0 Å². The Morgan fingerprint density at radius 1 is 1.32 bits per heavy atom. The van der Waals surface area contributed by atoms with E-state index in [-0.39, 0.29) is 17.8 Å². The highest BCUT2D eigenvalue weighted by Crippen LogP contribution is 2.13. The number of carbonyl (C=O) groups excluding carboxylic acids is 1. The lowest BCUT2D eigenvalue weighted by molar-refractivity contribution is 0.0928. The zero-order chi connectivity index (χ0) is 16.3. The molecular formula is C13H16ClN7O. The van der Waals surface area contributed by atoms with E-state index in [2.05, 4.69) is 25.3 Å². The van der Waals surface area contributed by atoms with E-state index in [9.17, 15) is 4.79 Å². The van der Waals surface area contributed by atoms with Crippen molar-refractivity contribution in [3.63, 3.8) is 0 Å². The minimum Gasteiger partial charge on any atom is -0.368 e. The van der Waals surface area contributed by atoms with Gasteiger partial charge in [0, 0.05) is 20.3 Å². The third-order valence-corrected chi connectivity index (χ3v) is 3.01. The maximum absolute atomic E-state index is 12.2. The standard InChI is InChI=1S/C13H16ClN7O/c1-7(9-5-4-8(14)6-16-9)17-11(22)10-18-12(15)20-13(19-10)21(2)3/h4-7H,1-3H3,(H,17,22)(H2,15,18,19,20)/t7-/m0/s1. The molecular weight excluding hydrogens is 306 g/mol. The van der Waals surface area contributed by atoms with E-state index in [0.717, 1.165) is 0 Å². The molecule has 0 unspecified atom stereocenters. The summed E-state index contributed by atoms with van der Waals surface area (Å²) in [6, 6.07) is 3.11. The number of hydrogen-bond donors (Lipinski definition) is 2. The predicted molar refractivity (Wildman–Crippen MR) is 83.7 cm³/mol. The average Bonchev–Trinajstić information content (AvgIpc) is 2.47. The SMILES string of the molecule is C[C@H](NC(=O)c1nc(N)nc(N(C)C)n1)c1ccc(Cl)cn1. The highest BCUT2D eigenvalue weighted by Gasteiger charge is 2.17. The van der Waals surface area contributed by atoms with E-state index in [4.69, 9.17) is 17.3 Å². The van der Waals surface area contributed by atoms with Gasteiger partial charge in [-0.3, -0.25) is 9.78 Å². The first-order chi connectivity index (χ1) is 10.4. The minimum atomic E-state index is -0.457. The second-order valence-corrected chi connectivity index (χ2v) is 5.24. The summed E-state index contributed by atoms with van der Waals surface area (Å²) in [4.78, 5) is 29.9. The molecule has 0 aliphatic heterocycles. The highest BCUT2D eigenvalue weighted by atomic mass is 35.5. The Bertz CT molecular complexity index is 675. The summed E-state index contributed by atoms with van der Waals surface area (Å²) in [6.45, 7) is 1.80. The van der Waals surface area contributed by atoms with Gasteiger partial charge in [-0.25, -0.2) is 0 Å². The fraction of sp³-hybridized carbons (Fsp3) is 0.308. The highest BCUT2D eigenvalue weighted by molar-refractivity contribution is 6.30. The molecule has 22 heavy (non-hydrogen) atoms. The molecule has 1 atom stereocenters. The van der Waals surface area contributed by atoms with Crippen molar-refractivity contribution in [2.75, 3.05) is 24.7 Å². The Morgan fingerprint density at radius 3 is 2.64 bits per heavy atom. The van der Waals surface area contributed by atoms with Crippen molar-refractivity contribution >= 4 is 29.4 Å². The van der Waals surface area contributed by atoms with E-state index >= 15 is 0 Å². The van der Waals surface area contributed by atoms with Gasteiger partial charge in [0.1, 0.15) is 0 Å². The molecule has 2 aromatic heterocycles. The van der Waals surface area contributed by atoms with Gasteiger partial charge in [-0.15, -0.1) is 0 Å². The number of hydrogen-bond acceptors (Lipinski definition) is 7. The van der Waals surface area contributed by atoms with Crippen molar-refractivity contribution in [3.05, 3.63) is 34.9 Å². The second-order valence-electron chi connectivity index (χ2n) is 4.81. The van der Waals surface area contributed by atoms with Crippen LogP contribution in [0.25, 0.3) is 0 Å². The first-order valence-electron chi connectivity index (χ1n) is 6.48. The number of nitrogen functional groups attached to an aromatic ring is 1. The van der Waals surface area contributed by atoms with Gasteiger partial charge in [0.15, 0.2) is 0 Å². The average molecular weight is 322 g/mol. The third kappa shape index (κ3) is 3.79. The largest absolute Gasteiger partial charge is 0.368 e. The fourth-order valence-electron chi connectivity index (χ4n) is 1.66. The third-order valence-electron chi connectivity index (χ3n) is 2.79. The van der Waals surface area contributed by atoms with Crippen molar-refractivity contribution in [1.82, 2.24) is 25.3 Å². The van der Waals surface area contributed by atoms with Gasteiger partial charge in [0.25, 0.3) is 5.91 Å². The van der Waals surface area contributed by atoms with E-state index in [1.807, 2.05) is 0 Å². The summed E-state index contributed by atoms with van der Waals surface area (Å²) < 4.78 is 0. The molecule has 3 N–H and O–H groups in total. The lowest BCUT2D eigenvalue weighted by atomic mass is 10.2. The number of nitrogens with two attached hydrogens (primary N) is 1. The molecule has 0 saturated heterocycles. The summed E-state index contributed by atoms with van der Waals surface area (Å²) in [5, 5.41) is 3.28. The lowest BCUT2D eigenvalue weighted by Gasteiger charge is -2.14. The normalized spacial score (nSPS) is 11.8. The summed E-state index contributed by atoms with van der Waals surface area (Å²) >= 11 is 5.79. The predicted octanol–water partition coefficient (Wildman–Crippen LogP) is 1.06. The quantitative estimate of drug-likeness (QED) is 0.866. The van der Waals surface area contributed by atoms with Crippen LogP contribution in [0.5, 0.6) is 0 Å². The molecule has 0 bridgehead atoms. The van der Waals surface area contributed by atoms with Gasteiger partial charge in [-0.2, -0.15) is 15.0 Å². The molecule has 0 aromatic carbocycles. The molecule has 0 aliphatic rings. The number of aromatic nitrogens is 4. The van der Waals surface area contributed by atoms with Crippen molar-refractivity contribution in [2.24, 2.45) is 0 Å². The van der Waals surface area contributed by atoms with Crippen LogP contribution in [0.1, 0.15) is 29.3 Å². The maximum Gasteiger partial charge on any atom is 0.289 e. The smallest absolute Gasteiger partial charge is 0.289 e. The zero-order valence-electron chi connectivity index (χ0n) is 12.4. The summed E-state index contributed by atoms with van der Waals surface area (Å²) in [7, 11) is 3.49. The van der Waals surface area contributed by atoms with E-state index in [1.165, 1.54) is 6.20 Å². The number of nitrogens with one attached hydrogen (secondary N) is 1. The summed E-state index contributed by atoms with van der Waals surface area (Å²) in [6.07, 6.45) is 1.52. The molecule has 0 radical (unpaired) electrons. The number of rotatable bonds is 4.